The molecule has 0 bridgehead atoms. The maximum Gasteiger partial charge on any atom is 0.223 e. The first-order valence-electron chi connectivity index (χ1n) is 6.47. The van der Waals surface area contributed by atoms with Crippen LogP contribution in [0.5, 0.6) is 0 Å². The topological polar surface area (TPSA) is 94.0 Å². The predicted molar refractivity (Wildman–Crippen MR) is 65.7 cm³/mol. The lowest BCUT2D eigenvalue weighted by molar-refractivity contribution is -0.125. The van der Waals surface area contributed by atoms with E-state index in [2.05, 4.69) is 15.5 Å². The highest BCUT2D eigenvalue weighted by Crippen LogP contribution is 2.22. The Bertz CT molecular complexity index is 397. The quantitative estimate of drug-likeness (QED) is 0.816. The second-order valence-electron chi connectivity index (χ2n) is 4.88. The molecule has 0 atom stereocenters. The standard InChI is InChI=1S/C12H20N4O2/c1-8-15-11(16-18-8)6-7-14-12(17)9-2-4-10(13)5-3-9/h9-10H,2-7,13H2,1H3,(H,14,17). The molecule has 1 aliphatic rings. The summed E-state index contributed by atoms with van der Waals surface area (Å²) in [5, 5.41) is 6.70. The number of aromatic nitrogens is 2. The number of hydrogen-bond donors (Lipinski definition) is 2. The Balaban J connectivity index is 1.68. The summed E-state index contributed by atoms with van der Waals surface area (Å²) in [6.07, 6.45) is 4.29. The molecule has 0 aliphatic heterocycles. The largest absolute Gasteiger partial charge is 0.355 e. The third-order valence-electron chi connectivity index (χ3n) is 3.36. The van der Waals surface area contributed by atoms with Crippen LogP contribution >= 0.6 is 0 Å². The Kier molecular flexibility index (Phi) is 4.30. The van der Waals surface area contributed by atoms with Gasteiger partial charge in [0.15, 0.2) is 5.82 Å². The molecule has 0 unspecified atom stereocenters. The smallest absolute Gasteiger partial charge is 0.223 e. The molecular formula is C12H20N4O2. The van der Waals surface area contributed by atoms with Crippen LogP contribution in [0.15, 0.2) is 4.52 Å². The maximum atomic E-state index is 11.9. The van der Waals surface area contributed by atoms with Gasteiger partial charge in [-0.2, -0.15) is 4.98 Å². The van der Waals surface area contributed by atoms with Gasteiger partial charge in [-0.1, -0.05) is 5.16 Å². The highest BCUT2D eigenvalue weighted by molar-refractivity contribution is 5.78. The molecule has 0 radical (unpaired) electrons. The van der Waals surface area contributed by atoms with E-state index in [1.165, 1.54) is 0 Å². The molecular weight excluding hydrogens is 232 g/mol. The number of nitrogens with zero attached hydrogens (tertiary/aromatic N) is 2. The van der Waals surface area contributed by atoms with Crippen molar-refractivity contribution in [1.29, 1.82) is 0 Å². The number of amides is 1. The van der Waals surface area contributed by atoms with E-state index in [4.69, 9.17) is 10.3 Å². The first-order chi connectivity index (χ1) is 8.65. The average molecular weight is 252 g/mol. The van der Waals surface area contributed by atoms with Crippen LogP contribution in [0.25, 0.3) is 0 Å². The number of hydrogen-bond acceptors (Lipinski definition) is 5. The van der Waals surface area contributed by atoms with Gasteiger partial charge in [-0.05, 0) is 25.7 Å². The average Bonchev–Trinajstić information content (AvgIpc) is 2.76. The van der Waals surface area contributed by atoms with Crippen LogP contribution in [0.3, 0.4) is 0 Å². The fourth-order valence-electron chi connectivity index (χ4n) is 2.27. The summed E-state index contributed by atoms with van der Waals surface area (Å²) in [6.45, 7) is 2.31. The lowest BCUT2D eigenvalue weighted by Crippen LogP contribution is -2.37. The molecule has 1 fully saturated rings. The molecule has 6 nitrogen and oxygen atoms in total. The minimum Gasteiger partial charge on any atom is -0.355 e. The van der Waals surface area contributed by atoms with Crippen molar-refractivity contribution in [3.8, 4) is 0 Å². The van der Waals surface area contributed by atoms with Crippen molar-refractivity contribution < 1.29 is 9.32 Å². The zero-order chi connectivity index (χ0) is 13.0. The number of carbonyl (C=O) groups excluding carboxylic acids is 1. The lowest BCUT2D eigenvalue weighted by Gasteiger charge is -2.25. The van der Waals surface area contributed by atoms with Crippen LogP contribution in [0, 0.1) is 12.8 Å². The van der Waals surface area contributed by atoms with Gasteiger partial charge in [0.05, 0.1) is 0 Å². The van der Waals surface area contributed by atoms with Gasteiger partial charge in [0.1, 0.15) is 0 Å². The minimum absolute atomic E-state index is 0.122. The van der Waals surface area contributed by atoms with Crippen molar-refractivity contribution in [3.63, 3.8) is 0 Å². The predicted octanol–water partition coefficient (Wildman–Crippen LogP) is 0.554. The maximum absolute atomic E-state index is 11.9. The number of nitrogens with two attached hydrogens (primary N) is 1. The van der Waals surface area contributed by atoms with Gasteiger partial charge >= 0.3 is 0 Å². The molecule has 1 saturated carbocycles. The van der Waals surface area contributed by atoms with Crippen molar-refractivity contribution in [2.45, 2.75) is 45.1 Å². The Morgan fingerprint density at radius 2 is 2.17 bits per heavy atom. The normalized spacial score (nSPS) is 23.9. The molecule has 0 saturated heterocycles. The van der Waals surface area contributed by atoms with Gasteiger partial charge in [-0.15, -0.1) is 0 Å². The summed E-state index contributed by atoms with van der Waals surface area (Å²) >= 11 is 0. The van der Waals surface area contributed by atoms with E-state index in [0.29, 0.717) is 24.7 Å². The number of aryl methyl sites for hydroxylation is 1. The van der Waals surface area contributed by atoms with Crippen molar-refractivity contribution in [3.05, 3.63) is 11.7 Å². The molecule has 1 aromatic rings. The molecule has 1 heterocycles. The number of carbonyl (C=O) groups is 1. The van der Waals surface area contributed by atoms with Gasteiger partial charge < -0.3 is 15.6 Å². The summed E-state index contributed by atoms with van der Waals surface area (Å²) < 4.78 is 4.86. The SMILES string of the molecule is Cc1nc(CCNC(=O)C2CCC(N)CC2)no1. The molecule has 1 amide bonds. The Hall–Kier alpha value is -1.43. The summed E-state index contributed by atoms with van der Waals surface area (Å²) in [7, 11) is 0. The lowest BCUT2D eigenvalue weighted by atomic mass is 9.86. The molecule has 18 heavy (non-hydrogen) atoms. The van der Waals surface area contributed by atoms with Gasteiger partial charge in [0, 0.05) is 31.8 Å². The van der Waals surface area contributed by atoms with Gasteiger partial charge in [0.2, 0.25) is 11.8 Å². The summed E-state index contributed by atoms with van der Waals surface area (Å²) in [4.78, 5) is 16.0. The van der Waals surface area contributed by atoms with Crippen LogP contribution in [0.1, 0.15) is 37.4 Å². The van der Waals surface area contributed by atoms with E-state index in [9.17, 15) is 4.79 Å². The van der Waals surface area contributed by atoms with Crippen molar-refractivity contribution in [1.82, 2.24) is 15.5 Å². The third-order valence-corrected chi connectivity index (χ3v) is 3.36. The molecule has 0 aromatic carbocycles. The zero-order valence-corrected chi connectivity index (χ0v) is 10.7. The summed E-state index contributed by atoms with van der Waals surface area (Å²) in [5.74, 6) is 1.44. The molecule has 1 aromatic heterocycles. The monoisotopic (exact) mass is 252 g/mol. The first kappa shape index (κ1) is 13.0. The highest BCUT2D eigenvalue weighted by Gasteiger charge is 2.24. The summed E-state index contributed by atoms with van der Waals surface area (Å²) in [6, 6.07) is 0.274. The van der Waals surface area contributed by atoms with E-state index < -0.39 is 0 Å². The molecule has 100 valence electrons. The van der Waals surface area contributed by atoms with E-state index in [1.54, 1.807) is 6.92 Å². The van der Waals surface area contributed by atoms with Crippen LogP contribution in [0.2, 0.25) is 0 Å². The van der Waals surface area contributed by atoms with Crippen molar-refractivity contribution >= 4 is 5.91 Å². The first-order valence-corrected chi connectivity index (χ1v) is 6.47. The minimum atomic E-state index is 0.122. The molecule has 2 rings (SSSR count). The molecule has 3 N–H and O–H groups in total. The van der Waals surface area contributed by atoms with Crippen LogP contribution in [-0.4, -0.2) is 28.6 Å². The molecule has 1 aliphatic carbocycles. The third kappa shape index (κ3) is 3.53. The Morgan fingerprint density at radius 3 is 2.78 bits per heavy atom. The molecule has 6 heteroatoms. The van der Waals surface area contributed by atoms with Crippen molar-refractivity contribution in [2.24, 2.45) is 11.7 Å². The second-order valence-corrected chi connectivity index (χ2v) is 4.88. The van der Waals surface area contributed by atoms with Gasteiger partial charge in [-0.3, -0.25) is 4.79 Å². The van der Waals surface area contributed by atoms with E-state index in [1.807, 2.05) is 0 Å². The fraction of sp³-hybridized carbons (Fsp3) is 0.750. The van der Waals surface area contributed by atoms with E-state index >= 15 is 0 Å². The Morgan fingerprint density at radius 1 is 1.44 bits per heavy atom. The van der Waals surface area contributed by atoms with Crippen molar-refractivity contribution in [2.75, 3.05) is 6.54 Å². The highest BCUT2D eigenvalue weighted by atomic mass is 16.5. The van der Waals surface area contributed by atoms with Crippen LogP contribution in [0.4, 0.5) is 0 Å². The van der Waals surface area contributed by atoms with Crippen LogP contribution < -0.4 is 11.1 Å². The van der Waals surface area contributed by atoms with Crippen LogP contribution in [-0.2, 0) is 11.2 Å². The van der Waals surface area contributed by atoms with Gasteiger partial charge in [0.25, 0.3) is 0 Å². The zero-order valence-electron chi connectivity index (χ0n) is 10.7. The second kappa shape index (κ2) is 5.95. The molecule has 0 spiro atoms. The van der Waals surface area contributed by atoms with Gasteiger partial charge in [-0.25, -0.2) is 0 Å². The van der Waals surface area contributed by atoms with E-state index in [0.717, 1.165) is 25.7 Å². The summed E-state index contributed by atoms with van der Waals surface area (Å²) in [5.41, 5.74) is 5.82. The Labute approximate surface area is 106 Å². The number of nitrogens with one attached hydrogen (secondary N) is 1. The number of rotatable bonds is 4. The fourth-order valence-corrected chi connectivity index (χ4v) is 2.27. The van der Waals surface area contributed by atoms with E-state index in [-0.39, 0.29) is 17.9 Å².